The zero-order valence-corrected chi connectivity index (χ0v) is 9.98. The Kier molecular flexibility index (Phi) is 5.08. The average Bonchev–Trinajstić information content (AvgIpc) is 2.67. The number of ether oxygens (including phenoxy) is 1. The van der Waals surface area contributed by atoms with Crippen molar-refractivity contribution in [1.29, 1.82) is 0 Å². The van der Waals surface area contributed by atoms with Crippen LogP contribution in [0.1, 0.15) is 36.7 Å². The summed E-state index contributed by atoms with van der Waals surface area (Å²) in [6.07, 6.45) is 9.31. The molecule has 0 spiro atoms. The number of unbranched alkanes of at least 4 members (excludes halogenated alkanes) is 2. The van der Waals surface area contributed by atoms with Gasteiger partial charge in [0.1, 0.15) is 5.82 Å². The molecule has 0 saturated heterocycles. The monoisotopic (exact) mass is 235 g/mol. The normalized spacial score (nSPS) is 9.88. The van der Waals surface area contributed by atoms with E-state index in [0.29, 0.717) is 19.0 Å². The Morgan fingerprint density at radius 1 is 1.65 bits per heavy atom. The predicted octanol–water partition coefficient (Wildman–Crippen LogP) is 1.45. The molecule has 0 aliphatic carbocycles. The van der Waals surface area contributed by atoms with E-state index in [1.807, 2.05) is 0 Å². The highest BCUT2D eigenvalue weighted by molar-refractivity contribution is 5.92. The fraction of sp³-hybridized carbons (Fsp3) is 0.500. The number of aromatic nitrogens is 2. The second-order valence-corrected chi connectivity index (χ2v) is 3.55. The lowest BCUT2D eigenvalue weighted by Crippen LogP contribution is -2.10. The Hall–Kier alpha value is -1.96. The van der Waals surface area contributed by atoms with Gasteiger partial charge in [0.05, 0.1) is 12.9 Å². The molecule has 1 aromatic rings. The van der Waals surface area contributed by atoms with Gasteiger partial charge in [-0.2, -0.15) is 0 Å². The van der Waals surface area contributed by atoms with E-state index in [4.69, 9.17) is 16.9 Å². The highest BCUT2D eigenvalue weighted by atomic mass is 16.5. The second-order valence-electron chi connectivity index (χ2n) is 3.55. The molecule has 0 aromatic carbocycles. The lowest BCUT2D eigenvalue weighted by atomic mass is 10.2. The van der Waals surface area contributed by atoms with Crippen LogP contribution in [0, 0.1) is 12.3 Å². The SMILES string of the molecule is C#CCCCCn1cnc(C(=O)OCC)c1N. The molecule has 1 heterocycles. The van der Waals surface area contributed by atoms with Crippen LogP contribution in [0.2, 0.25) is 0 Å². The Morgan fingerprint density at radius 2 is 2.41 bits per heavy atom. The number of hydrogen-bond acceptors (Lipinski definition) is 4. The lowest BCUT2D eigenvalue weighted by molar-refractivity contribution is 0.0521. The van der Waals surface area contributed by atoms with Crippen LogP contribution >= 0.6 is 0 Å². The van der Waals surface area contributed by atoms with Crippen LogP contribution < -0.4 is 5.73 Å². The molecule has 0 amide bonds. The Balaban J connectivity index is 2.58. The molecule has 0 unspecified atom stereocenters. The van der Waals surface area contributed by atoms with E-state index >= 15 is 0 Å². The Morgan fingerprint density at radius 3 is 3.06 bits per heavy atom. The first-order valence-electron chi connectivity index (χ1n) is 5.61. The molecule has 0 atom stereocenters. The summed E-state index contributed by atoms with van der Waals surface area (Å²) in [4.78, 5) is 15.4. The summed E-state index contributed by atoms with van der Waals surface area (Å²) in [6.45, 7) is 2.76. The fourth-order valence-corrected chi connectivity index (χ4v) is 1.44. The van der Waals surface area contributed by atoms with Crippen LogP contribution in [0.15, 0.2) is 6.33 Å². The van der Waals surface area contributed by atoms with Gasteiger partial charge in [-0.1, -0.05) is 0 Å². The van der Waals surface area contributed by atoms with Crippen molar-refractivity contribution in [2.45, 2.75) is 32.7 Å². The number of esters is 1. The first-order chi connectivity index (χ1) is 8.20. The predicted molar refractivity (Wildman–Crippen MR) is 65.3 cm³/mol. The van der Waals surface area contributed by atoms with Gasteiger partial charge in [0, 0.05) is 13.0 Å². The minimum Gasteiger partial charge on any atom is -0.461 e. The molecule has 92 valence electrons. The van der Waals surface area contributed by atoms with Crippen LogP contribution in [0.3, 0.4) is 0 Å². The summed E-state index contributed by atoms with van der Waals surface area (Å²) < 4.78 is 6.58. The molecule has 0 saturated carbocycles. The van der Waals surface area contributed by atoms with E-state index in [1.54, 1.807) is 17.8 Å². The Bertz CT molecular complexity index is 418. The van der Waals surface area contributed by atoms with Crippen molar-refractivity contribution >= 4 is 11.8 Å². The van der Waals surface area contributed by atoms with Gasteiger partial charge < -0.3 is 15.0 Å². The molecular weight excluding hydrogens is 218 g/mol. The highest BCUT2D eigenvalue weighted by Crippen LogP contribution is 2.12. The maximum absolute atomic E-state index is 11.5. The van der Waals surface area contributed by atoms with Crippen LogP contribution in [0.5, 0.6) is 0 Å². The average molecular weight is 235 g/mol. The summed E-state index contributed by atoms with van der Waals surface area (Å²) in [5.74, 6) is 2.45. The fourth-order valence-electron chi connectivity index (χ4n) is 1.44. The van der Waals surface area contributed by atoms with Gasteiger partial charge in [0.2, 0.25) is 0 Å². The number of rotatable bonds is 6. The van der Waals surface area contributed by atoms with E-state index in [1.165, 1.54) is 0 Å². The molecule has 0 aliphatic rings. The van der Waals surface area contributed by atoms with Crippen LogP contribution in [0.4, 0.5) is 5.82 Å². The topological polar surface area (TPSA) is 70.1 Å². The minimum absolute atomic E-state index is 0.184. The number of aryl methyl sites for hydroxylation is 1. The summed E-state index contributed by atoms with van der Waals surface area (Å²) in [7, 11) is 0. The van der Waals surface area contributed by atoms with Gasteiger partial charge in [-0.3, -0.25) is 0 Å². The van der Waals surface area contributed by atoms with E-state index in [9.17, 15) is 4.79 Å². The van der Waals surface area contributed by atoms with Gasteiger partial charge in [-0.25, -0.2) is 9.78 Å². The summed E-state index contributed by atoms with van der Waals surface area (Å²) >= 11 is 0. The zero-order valence-electron chi connectivity index (χ0n) is 9.98. The van der Waals surface area contributed by atoms with Crippen molar-refractivity contribution in [2.24, 2.45) is 0 Å². The third-order valence-corrected chi connectivity index (χ3v) is 2.32. The number of carbonyl (C=O) groups excluding carboxylic acids is 1. The molecule has 0 fully saturated rings. The number of carbonyl (C=O) groups is 1. The molecule has 2 N–H and O–H groups in total. The van der Waals surface area contributed by atoms with Gasteiger partial charge in [-0.05, 0) is 19.8 Å². The number of hydrogen-bond donors (Lipinski definition) is 1. The Labute approximate surface area is 101 Å². The molecular formula is C12H17N3O2. The molecule has 0 radical (unpaired) electrons. The van der Waals surface area contributed by atoms with E-state index < -0.39 is 5.97 Å². The quantitative estimate of drug-likeness (QED) is 0.460. The van der Waals surface area contributed by atoms with Crippen molar-refractivity contribution < 1.29 is 9.53 Å². The van der Waals surface area contributed by atoms with Crippen molar-refractivity contribution in [2.75, 3.05) is 12.3 Å². The van der Waals surface area contributed by atoms with Crippen LogP contribution in [-0.2, 0) is 11.3 Å². The first kappa shape index (κ1) is 13.1. The van der Waals surface area contributed by atoms with Crippen molar-refractivity contribution in [3.05, 3.63) is 12.0 Å². The van der Waals surface area contributed by atoms with Gasteiger partial charge in [0.15, 0.2) is 5.69 Å². The minimum atomic E-state index is -0.479. The number of nitrogen functional groups attached to an aromatic ring is 1. The van der Waals surface area contributed by atoms with Crippen molar-refractivity contribution in [1.82, 2.24) is 9.55 Å². The van der Waals surface area contributed by atoms with E-state index in [-0.39, 0.29) is 5.69 Å². The number of terminal acetylenes is 1. The van der Waals surface area contributed by atoms with E-state index in [0.717, 1.165) is 19.3 Å². The smallest absolute Gasteiger partial charge is 0.360 e. The zero-order chi connectivity index (χ0) is 12.7. The first-order valence-corrected chi connectivity index (χ1v) is 5.61. The third kappa shape index (κ3) is 3.52. The van der Waals surface area contributed by atoms with Gasteiger partial charge in [0.25, 0.3) is 0 Å². The third-order valence-electron chi connectivity index (χ3n) is 2.32. The molecule has 1 aromatic heterocycles. The van der Waals surface area contributed by atoms with Crippen LogP contribution in [-0.4, -0.2) is 22.1 Å². The van der Waals surface area contributed by atoms with Crippen molar-refractivity contribution in [3.8, 4) is 12.3 Å². The molecule has 0 bridgehead atoms. The summed E-state index contributed by atoms with van der Waals surface area (Å²) in [5, 5.41) is 0. The number of nitrogens with zero attached hydrogens (tertiary/aromatic N) is 2. The van der Waals surface area contributed by atoms with E-state index in [2.05, 4.69) is 10.9 Å². The molecule has 5 heteroatoms. The molecule has 17 heavy (non-hydrogen) atoms. The van der Waals surface area contributed by atoms with Gasteiger partial charge >= 0.3 is 5.97 Å². The molecule has 0 aliphatic heterocycles. The largest absolute Gasteiger partial charge is 0.461 e. The molecule has 5 nitrogen and oxygen atoms in total. The summed E-state index contributed by atoms with van der Waals surface area (Å²) in [5.41, 5.74) is 5.99. The standard InChI is InChI=1S/C12H17N3O2/c1-3-5-6-7-8-15-9-14-10(11(15)13)12(16)17-4-2/h1,9H,4-8,13H2,2H3. The maximum atomic E-state index is 11.5. The number of anilines is 1. The summed E-state index contributed by atoms with van der Waals surface area (Å²) in [6, 6.07) is 0. The lowest BCUT2D eigenvalue weighted by Gasteiger charge is -2.04. The molecule has 1 rings (SSSR count). The number of imidazole rings is 1. The number of nitrogens with two attached hydrogens (primary N) is 1. The highest BCUT2D eigenvalue weighted by Gasteiger charge is 2.16. The maximum Gasteiger partial charge on any atom is 0.360 e. The van der Waals surface area contributed by atoms with Crippen LogP contribution in [0.25, 0.3) is 0 Å². The second kappa shape index (κ2) is 6.59. The van der Waals surface area contributed by atoms with Gasteiger partial charge in [-0.15, -0.1) is 12.3 Å². The van der Waals surface area contributed by atoms with Crippen molar-refractivity contribution in [3.63, 3.8) is 0 Å².